The van der Waals surface area contributed by atoms with Crippen LogP contribution >= 0.6 is 0 Å². The lowest BCUT2D eigenvalue weighted by atomic mass is 10.5. The number of benzene rings is 1. The molecule has 0 aromatic heterocycles. The summed E-state index contributed by atoms with van der Waals surface area (Å²) in [6.07, 6.45) is 0. The van der Waals surface area contributed by atoms with Crippen molar-refractivity contribution in [3.63, 3.8) is 0 Å². The Labute approximate surface area is 95.1 Å². The third kappa shape index (κ3) is 2.89. The molecule has 0 amide bonds. The van der Waals surface area contributed by atoms with E-state index < -0.39 is 0 Å². The van der Waals surface area contributed by atoms with E-state index in [2.05, 4.69) is 10.8 Å². The summed E-state index contributed by atoms with van der Waals surface area (Å²) in [5.74, 6) is 1.50. The second-order valence-electron chi connectivity index (χ2n) is 3.18. The highest BCUT2D eigenvalue weighted by Crippen LogP contribution is 2.50. The van der Waals surface area contributed by atoms with E-state index in [9.17, 15) is 4.79 Å². The molecular weight excluding hydrogens is 208 g/mol. The van der Waals surface area contributed by atoms with Crippen molar-refractivity contribution in [1.29, 1.82) is 0 Å². The van der Waals surface area contributed by atoms with Crippen LogP contribution in [0.25, 0.3) is 11.1 Å². The van der Waals surface area contributed by atoms with E-state index >= 15 is 0 Å². The van der Waals surface area contributed by atoms with E-state index in [-0.39, 0.29) is 5.97 Å². The molecule has 16 heavy (non-hydrogen) atoms. The highest BCUT2D eigenvalue weighted by Gasteiger charge is 2.23. The van der Waals surface area contributed by atoms with E-state index in [0.717, 1.165) is 11.5 Å². The van der Waals surface area contributed by atoms with Crippen LogP contribution in [-0.4, -0.2) is 26.8 Å². The summed E-state index contributed by atoms with van der Waals surface area (Å²) in [6, 6.07) is 4.05. The van der Waals surface area contributed by atoms with Gasteiger partial charge in [0, 0.05) is 12.5 Å². The summed E-state index contributed by atoms with van der Waals surface area (Å²) >= 11 is 0. The van der Waals surface area contributed by atoms with Crippen molar-refractivity contribution in [2.24, 2.45) is 0 Å². The molecule has 0 spiro atoms. The van der Waals surface area contributed by atoms with Crippen molar-refractivity contribution in [3.8, 4) is 22.6 Å². The van der Waals surface area contributed by atoms with Gasteiger partial charge in [-0.15, -0.1) is 0 Å². The first kappa shape index (κ1) is 12.4. The highest BCUT2D eigenvalue weighted by atomic mass is 16.5. The SMILES string of the molecule is CCOC(C)=O.COc1cc2cc-2c1OC. The lowest BCUT2D eigenvalue weighted by molar-refractivity contribution is -0.140. The molecule has 0 N–H and O–H groups in total. The molecular formula is C12H16O4. The zero-order valence-corrected chi connectivity index (χ0v) is 9.99. The fraction of sp³-hybridized carbons (Fsp3) is 0.417. The molecule has 0 aliphatic heterocycles. The summed E-state index contributed by atoms with van der Waals surface area (Å²) in [5, 5.41) is 0. The quantitative estimate of drug-likeness (QED) is 0.750. The molecule has 0 aromatic rings. The van der Waals surface area contributed by atoms with Gasteiger partial charge in [-0.25, -0.2) is 0 Å². The summed E-state index contributed by atoms with van der Waals surface area (Å²) in [6.45, 7) is 3.65. The Balaban J connectivity index is 0.000000187. The maximum atomic E-state index is 9.82. The predicted molar refractivity (Wildman–Crippen MR) is 60.8 cm³/mol. The number of ether oxygens (including phenoxy) is 3. The van der Waals surface area contributed by atoms with Crippen molar-refractivity contribution < 1.29 is 19.0 Å². The Morgan fingerprint density at radius 3 is 2.25 bits per heavy atom. The number of carbonyl (C=O) groups is 1. The number of fused-ring (bicyclic) bond motifs is 1. The standard InChI is InChI=1S/C8H8O2.C4H8O2/c1-9-7-4-5-3-6(5)8(7)10-2;1-3-6-4(2)5/h3-4H,1-2H3;3H2,1-2H3. The summed E-state index contributed by atoms with van der Waals surface area (Å²) in [5.41, 5.74) is 2.44. The molecule has 0 saturated heterocycles. The molecule has 0 radical (unpaired) electrons. The Morgan fingerprint density at radius 2 is 1.94 bits per heavy atom. The Morgan fingerprint density at radius 1 is 1.25 bits per heavy atom. The van der Waals surface area contributed by atoms with Gasteiger partial charge in [-0.1, -0.05) is 0 Å². The highest BCUT2D eigenvalue weighted by molar-refractivity contribution is 5.91. The topological polar surface area (TPSA) is 44.8 Å². The van der Waals surface area contributed by atoms with Gasteiger partial charge >= 0.3 is 5.97 Å². The molecule has 0 unspecified atom stereocenters. The van der Waals surface area contributed by atoms with Crippen LogP contribution in [0.5, 0.6) is 11.5 Å². The number of hydrogen-bond donors (Lipinski definition) is 0. The van der Waals surface area contributed by atoms with Gasteiger partial charge in [0.05, 0.1) is 20.8 Å². The number of rotatable bonds is 3. The molecule has 88 valence electrons. The molecule has 0 saturated carbocycles. The van der Waals surface area contributed by atoms with E-state index in [4.69, 9.17) is 9.47 Å². The molecule has 2 aliphatic carbocycles. The van der Waals surface area contributed by atoms with Crippen molar-refractivity contribution in [2.75, 3.05) is 20.8 Å². The van der Waals surface area contributed by atoms with Crippen molar-refractivity contribution in [3.05, 3.63) is 12.1 Å². The maximum Gasteiger partial charge on any atom is 0.302 e. The zero-order valence-electron chi connectivity index (χ0n) is 9.99. The number of methoxy groups -OCH3 is 2. The summed E-state index contributed by atoms with van der Waals surface area (Å²) in [7, 11) is 3.31. The minimum Gasteiger partial charge on any atom is -0.493 e. The summed E-state index contributed by atoms with van der Waals surface area (Å²) in [4.78, 5) is 9.82. The van der Waals surface area contributed by atoms with Crippen LogP contribution in [-0.2, 0) is 9.53 Å². The normalized spacial score (nSPS) is 9.75. The maximum absolute atomic E-state index is 9.82. The minimum absolute atomic E-state index is 0.211. The van der Waals surface area contributed by atoms with Gasteiger partial charge in [-0.2, -0.15) is 0 Å². The van der Waals surface area contributed by atoms with Crippen molar-refractivity contribution >= 4 is 5.97 Å². The minimum atomic E-state index is -0.211. The van der Waals surface area contributed by atoms with E-state index in [0.29, 0.717) is 6.61 Å². The number of esters is 1. The number of carbonyl (C=O) groups excluding carboxylic acids is 1. The molecule has 4 heteroatoms. The third-order valence-electron chi connectivity index (χ3n) is 2.05. The van der Waals surface area contributed by atoms with Crippen LogP contribution in [0, 0.1) is 0 Å². The molecule has 0 bridgehead atoms. The molecule has 2 rings (SSSR count). The third-order valence-corrected chi connectivity index (χ3v) is 2.05. The van der Waals surface area contributed by atoms with Gasteiger partial charge in [0.2, 0.25) is 0 Å². The first-order valence-electron chi connectivity index (χ1n) is 5.03. The first-order chi connectivity index (χ1) is 7.63. The van der Waals surface area contributed by atoms with Crippen LogP contribution in [0.15, 0.2) is 12.1 Å². The van der Waals surface area contributed by atoms with E-state index in [1.165, 1.54) is 18.1 Å². The van der Waals surface area contributed by atoms with Gasteiger partial charge in [0.25, 0.3) is 0 Å². The van der Waals surface area contributed by atoms with E-state index in [1.807, 2.05) is 6.07 Å². The van der Waals surface area contributed by atoms with Crippen molar-refractivity contribution in [2.45, 2.75) is 13.8 Å². The average molecular weight is 224 g/mol. The van der Waals surface area contributed by atoms with Crippen LogP contribution < -0.4 is 9.47 Å². The largest absolute Gasteiger partial charge is 0.493 e. The van der Waals surface area contributed by atoms with Crippen LogP contribution in [0.2, 0.25) is 0 Å². The fourth-order valence-electron chi connectivity index (χ4n) is 1.34. The molecule has 0 atom stereocenters. The van der Waals surface area contributed by atoms with Gasteiger partial charge in [0.1, 0.15) is 0 Å². The van der Waals surface area contributed by atoms with Crippen LogP contribution in [0.4, 0.5) is 0 Å². The van der Waals surface area contributed by atoms with Gasteiger partial charge in [0.15, 0.2) is 11.5 Å². The monoisotopic (exact) mass is 224 g/mol. The Kier molecular flexibility index (Phi) is 4.17. The van der Waals surface area contributed by atoms with Crippen LogP contribution in [0.1, 0.15) is 13.8 Å². The Bertz CT molecular complexity index is 385. The molecule has 0 fully saturated rings. The average Bonchev–Trinajstić information content (AvgIpc) is 2.91. The summed E-state index contributed by atoms with van der Waals surface area (Å²) < 4.78 is 14.6. The van der Waals surface area contributed by atoms with Crippen LogP contribution in [0.3, 0.4) is 0 Å². The second kappa shape index (κ2) is 5.39. The van der Waals surface area contributed by atoms with Gasteiger partial charge in [-0.3, -0.25) is 4.79 Å². The van der Waals surface area contributed by atoms with Gasteiger partial charge in [-0.05, 0) is 24.6 Å². The number of hydrogen-bond acceptors (Lipinski definition) is 4. The first-order valence-corrected chi connectivity index (χ1v) is 5.03. The molecule has 4 nitrogen and oxygen atoms in total. The van der Waals surface area contributed by atoms with Crippen molar-refractivity contribution in [1.82, 2.24) is 0 Å². The molecule has 0 heterocycles. The lowest BCUT2D eigenvalue weighted by Crippen LogP contribution is -1.95. The van der Waals surface area contributed by atoms with E-state index in [1.54, 1.807) is 21.1 Å². The molecule has 2 aliphatic rings. The zero-order chi connectivity index (χ0) is 12.1. The van der Waals surface area contributed by atoms with Gasteiger partial charge < -0.3 is 14.2 Å². The Hall–Kier alpha value is -1.71. The fourth-order valence-corrected chi connectivity index (χ4v) is 1.34. The molecule has 0 aromatic carbocycles. The second-order valence-corrected chi connectivity index (χ2v) is 3.18. The predicted octanol–water partition coefficient (Wildman–Crippen LogP) is 2.25. The smallest absolute Gasteiger partial charge is 0.302 e. The lowest BCUT2D eigenvalue weighted by Gasteiger charge is -2.00.